The summed E-state index contributed by atoms with van der Waals surface area (Å²) in [5, 5.41) is 1.35. The summed E-state index contributed by atoms with van der Waals surface area (Å²) in [6.45, 7) is 5.90. The van der Waals surface area contributed by atoms with E-state index in [2.05, 4.69) is 42.9 Å². The highest BCUT2D eigenvalue weighted by Gasteiger charge is 2.03. The number of H-pyrrole nitrogens is 1. The fourth-order valence-electron chi connectivity index (χ4n) is 1.77. The monoisotopic (exact) mass is 171 g/mol. The number of aromatic amines is 1. The Balaban J connectivity index is 2.70. The van der Waals surface area contributed by atoms with Gasteiger partial charge in [0.2, 0.25) is 0 Å². The molecule has 0 aliphatic heterocycles. The molecule has 1 N–H and O–H groups in total. The number of fused-ring (bicyclic) bond motifs is 1. The van der Waals surface area contributed by atoms with Gasteiger partial charge in [-0.25, -0.2) is 0 Å². The second-order valence-electron chi connectivity index (χ2n) is 3.30. The smallest absolute Gasteiger partial charge is 0.0459 e. The molecule has 0 aliphatic rings. The molecule has 0 atom stereocenters. The highest BCUT2D eigenvalue weighted by molar-refractivity contribution is 5.86. The van der Waals surface area contributed by atoms with Crippen molar-refractivity contribution in [3.05, 3.63) is 48.2 Å². The van der Waals surface area contributed by atoms with Crippen LogP contribution in [0.25, 0.3) is 10.9 Å². The van der Waals surface area contributed by atoms with Crippen LogP contribution in [0.4, 0.5) is 0 Å². The summed E-state index contributed by atoms with van der Waals surface area (Å²) < 4.78 is 0. The molecule has 1 nitrogen and oxygen atoms in total. The van der Waals surface area contributed by atoms with Crippen LogP contribution < -0.4 is 0 Å². The van der Waals surface area contributed by atoms with Crippen molar-refractivity contribution in [1.82, 2.24) is 4.98 Å². The van der Waals surface area contributed by atoms with E-state index in [1.807, 2.05) is 6.08 Å². The quantitative estimate of drug-likeness (QED) is 0.668. The van der Waals surface area contributed by atoms with Crippen LogP contribution in [0.15, 0.2) is 37.1 Å². The molecule has 13 heavy (non-hydrogen) atoms. The third kappa shape index (κ3) is 1.26. The van der Waals surface area contributed by atoms with Gasteiger partial charge in [-0.15, -0.1) is 6.58 Å². The lowest BCUT2D eigenvalue weighted by atomic mass is 10.1. The molecule has 0 unspecified atom stereocenters. The molecule has 0 spiro atoms. The van der Waals surface area contributed by atoms with Gasteiger partial charge < -0.3 is 4.98 Å². The van der Waals surface area contributed by atoms with E-state index in [4.69, 9.17) is 0 Å². The normalized spacial score (nSPS) is 10.5. The van der Waals surface area contributed by atoms with Crippen molar-refractivity contribution in [3.8, 4) is 0 Å². The van der Waals surface area contributed by atoms with Gasteiger partial charge in [0.25, 0.3) is 0 Å². The van der Waals surface area contributed by atoms with Gasteiger partial charge in [-0.3, -0.25) is 0 Å². The SMILES string of the molecule is C=CCc1c[nH]c2cccc(C)c12. The van der Waals surface area contributed by atoms with Gasteiger partial charge in [0.1, 0.15) is 0 Å². The molecular weight excluding hydrogens is 158 g/mol. The summed E-state index contributed by atoms with van der Waals surface area (Å²) >= 11 is 0. The lowest BCUT2D eigenvalue weighted by Gasteiger charge is -1.98. The molecule has 1 heterocycles. The molecule has 0 bridgehead atoms. The topological polar surface area (TPSA) is 15.8 Å². The van der Waals surface area contributed by atoms with E-state index in [-0.39, 0.29) is 0 Å². The Labute approximate surface area is 78.1 Å². The Morgan fingerprint density at radius 3 is 3.08 bits per heavy atom. The Bertz CT molecular complexity index is 437. The number of rotatable bonds is 2. The van der Waals surface area contributed by atoms with Crippen LogP contribution >= 0.6 is 0 Å². The first-order chi connectivity index (χ1) is 6.33. The molecule has 1 aromatic heterocycles. The largest absolute Gasteiger partial charge is 0.361 e. The Kier molecular flexibility index (Phi) is 1.93. The minimum atomic E-state index is 0.935. The van der Waals surface area contributed by atoms with Gasteiger partial charge in [-0.05, 0) is 30.5 Å². The first-order valence-electron chi connectivity index (χ1n) is 4.49. The van der Waals surface area contributed by atoms with Crippen molar-refractivity contribution in [2.75, 3.05) is 0 Å². The summed E-state index contributed by atoms with van der Waals surface area (Å²) in [4.78, 5) is 3.27. The minimum Gasteiger partial charge on any atom is -0.361 e. The molecule has 0 fully saturated rings. The average Bonchev–Trinajstić information content (AvgIpc) is 2.51. The third-order valence-corrected chi connectivity index (χ3v) is 2.36. The Hall–Kier alpha value is -1.50. The molecule has 66 valence electrons. The molecule has 0 saturated carbocycles. The predicted molar refractivity (Wildman–Crippen MR) is 56.9 cm³/mol. The van der Waals surface area contributed by atoms with Crippen LogP contribution in [0, 0.1) is 6.92 Å². The third-order valence-electron chi connectivity index (χ3n) is 2.36. The van der Waals surface area contributed by atoms with Gasteiger partial charge in [-0.1, -0.05) is 18.2 Å². The molecule has 0 radical (unpaired) electrons. The van der Waals surface area contributed by atoms with Crippen molar-refractivity contribution in [1.29, 1.82) is 0 Å². The van der Waals surface area contributed by atoms with Crippen LogP contribution in [0.2, 0.25) is 0 Å². The maximum atomic E-state index is 3.76. The highest BCUT2D eigenvalue weighted by Crippen LogP contribution is 2.22. The molecule has 0 aliphatic carbocycles. The van der Waals surface area contributed by atoms with Crippen molar-refractivity contribution in [2.24, 2.45) is 0 Å². The molecular formula is C12H13N. The van der Waals surface area contributed by atoms with Crippen LogP contribution in [0.3, 0.4) is 0 Å². The summed E-state index contributed by atoms with van der Waals surface area (Å²) in [6.07, 6.45) is 4.94. The van der Waals surface area contributed by atoms with Gasteiger partial charge in [-0.2, -0.15) is 0 Å². The van der Waals surface area contributed by atoms with Crippen LogP contribution in [0.5, 0.6) is 0 Å². The molecule has 1 heteroatoms. The van der Waals surface area contributed by atoms with E-state index in [0.717, 1.165) is 6.42 Å². The van der Waals surface area contributed by atoms with Crippen LogP contribution in [0.1, 0.15) is 11.1 Å². The first-order valence-corrected chi connectivity index (χ1v) is 4.49. The number of nitrogens with one attached hydrogen (secondary N) is 1. The lowest BCUT2D eigenvalue weighted by Crippen LogP contribution is -1.80. The number of allylic oxidation sites excluding steroid dienone is 1. The second-order valence-corrected chi connectivity index (χ2v) is 3.30. The summed E-state index contributed by atoms with van der Waals surface area (Å²) in [7, 11) is 0. The van der Waals surface area contributed by atoms with Gasteiger partial charge in [0.15, 0.2) is 0 Å². The second kappa shape index (κ2) is 3.09. The minimum absolute atomic E-state index is 0.935. The maximum Gasteiger partial charge on any atom is 0.0459 e. The van der Waals surface area contributed by atoms with E-state index in [0.29, 0.717) is 0 Å². The van der Waals surface area contributed by atoms with Crippen molar-refractivity contribution in [3.63, 3.8) is 0 Å². The number of benzene rings is 1. The molecule has 0 saturated heterocycles. The zero-order chi connectivity index (χ0) is 9.26. The number of aryl methyl sites for hydroxylation is 1. The Morgan fingerprint density at radius 2 is 2.31 bits per heavy atom. The molecule has 0 amide bonds. The summed E-state index contributed by atoms with van der Waals surface area (Å²) in [5.41, 5.74) is 3.88. The number of hydrogen-bond acceptors (Lipinski definition) is 0. The average molecular weight is 171 g/mol. The molecule has 2 aromatic rings. The van der Waals surface area contributed by atoms with Crippen molar-refractivity contribution in [2.45, 2.75) is 13.3 Å². The lowest BCUT2D eigenvalue weighted by molar-refractivity contribution is 1.29. The maximum absolute atomic E-state index is 3.76. The highest BCUT2D eigenvalue weighted by atomic mass is 14.7. The zero-order valence-electron chi connectivity index (χ0n) is 7.80. The van der Waals surface area contributed by atoms with E-state index >= 15 is 0 Å². The first kappa shape index (κ1) is 8.11. The van der Waals surface area contributed by atoms with E-state index < -0.39 is 0 Å². The van der Waals surface area contributed by atoms with E-state index in [1.54, 1.807) is 0 Å². The van der Waals surface area contributed by atoms with E-state index in [1.165, 1.54) is 22.0 Å². The zero-order valence-corrected chi connectivity index (χ0v) is 7.80. The van der Waals surface area contributed by atoms with Crippen molar-refractivity contribution < 1.29 is 0 Å². The fraction of sp³-hybridized carbons (Fsp3) is 0.167. The van der Waals surface area contributed by atoms with Gasteiger partial charge in [0.05, 0.1) is 0 Å². The molecule has 1 aromatic carbocycles. The summed E-state index contributed by atoms with van der Waals surface area (Å²) in [6, 6.07) is 6.32. The fourth-order valence-corrected chi connectivity index (χ4v) is 1.77. The number of aromatic nitrogens is 1. The number of hydrogen-bond donors (Lipinski definition) is 1. The van der Waals surface area contributed by atoms with Gasteiger partial charge >= 0.3 is 0 Å². The standard InChI is InChI=1S/C12H13N/c1-3-5-10-8-13-11-7-4-6-9(2)12(10)11/h3-4,6-8,13H,1,5H2,2H3. The van der Waals surface area contributed by atoms with Crippen molar-refractivity contribution >= 4 is 10.9 Å². The summed E-state index contributed by atoms with van der Waals surface area (Å²) in [5.74, 6) is 0. The van der Waals surface area contributed by atoms with Gasteiger partial charge in [0, 0.05) is 17.1 Å². The van der Waals surface area contributed by atoms with E-state index in [9.17, 15) is 0 Å². The van der Waals surface area contributed by atoms with Crippen LogP contribution in [-0.4, -0.2) is 4.98 Å². The van der Waals surface area contributed by atoms with Crippen LogP contribution in [-0.2, 0) is 6.42 Å². The predicted octanol–water partition coefficient (Wildman–Crippen LogP) is 3.20. The Morgan fingerprint density at radius 1 is 1.46 bits per heavy atom. The molecule has 2 rings (SSSR count).